The quantitative estimate of drug-likeness (QED) is 0.0215. The monoisotopic (exact) mass is 1340 g/mol. The molecule has 0 amide bonds. The van der Waals surface area contributed by atoms with Crippen molar-refractivity contribution in [2.24, 2.45) is 0 Å². The molecule has 0 aromatic heterocycles. The number of phenolic OH excluding ortho intramolecular Hbond substituents is 2. The lowest BCUT2D eigenvalue weighted by molar-refractivity contribution is -0.422. The number of rotatable bonds is 25. The average Bonchev–Trinajstić information content (AvgIpc) is 1.39. The van der Waals surface area contributed by atoms with Crippen LogP contribution in [0, 0.1) is 0 Å². The molecule has 0 spiro atoms. The van der Waals surface area contributed by atoms with Crippen LogP contribution in [0.4, 0.5) is 0 Å². The molecule has 34 nitrogen and oxygen atoms in total. The van der Waals surface area contributed by atoms with Crippen molar-refractivity contribution >= 4 is 42.0 Å². The first kappa shape index (κ1) is 72.9. The zero-order valence-corrected chi connectivity index (χ0v) is 50.2. The highest BCUT2D eigenvalue weighted by Crippen LogP contribution is 2.43. The van der Waals surface area contributed by atoms with Gasteiger partial charge in [0.05, 0.1) is 32.5 Å². The molecule has 34 heteroatoms. The van der Waals surface area contributed by atoms with Gasteiger partial charge in [-0.1, -0.05) is 36.4 Å². The van der Waals surface area contributed by atoms with Gasteiger partial charge in [0.1, 0.15) is 129 Å². The SMILES string of the molecule is COc1cc(/C=C/C(=O)OC2C(COC(C)=O)OC(OC3OC(CO)C(O)C(O)C3O)C(OC3(COC(=O)/C=C/c4ccc(O)cc4)OC(CO)C(O)C3OC(=O)c3ccccc3)C2OC2OC(COC(C)=O)C(O)C(OC3OC(CO)C(O)C(O)C3O)C2O)ccc1O. The Hall–Kier alpha value is -6.95. The van der Waals surface area contributed by atoms with Crippen LogP contribution < -0.4 is 4.74 Å². The number of aliphatic hydroxyl groups excluding tert-OH is 12. The smallest absolute Gasteiger partial charge is 0.338 e. The number of carbonyl (C=O) groups excluding carboxylic acids is 5. The zero-order valence-electron chi connectivity index (χ0n) is 50.2. The molecule has 5 heterocycles. The van der Waals surface area contributed by atoms with Crippen LogP contribution in [0.2, 0.25) is 0 Å². The van der Waals surface area contributed by atoms with Crippen molar-refractivity contribution < 1.29 is 167 Å². The predicted molar refractivity (Wildman–Crippen MR) is 304 cm³/mol. The number of benzene rings is 3. The summed E-state index contributed by atoms with van der Waals surface area (Å²) in [4.78, 5) is 67.8. The third-order valence-electron chi connectivity index (χ3n) is 15.5. The van der Waals surface area contributed by atoms with E-state index >= 15 is 0 Å². The van der Waals surface area contributed by atoms with Crippen LogP contribution in [0.1, 0.15) is 35.3 Å². The third-order valence-corrected chi connectivity index (χ3v) is 15.5. The second-order valence-electron chi connectivity index (χ2n) is 22.0. The highest BCUT2D eigenvalue weighted by molar-refractivity contribution is 5.90. The van der Waals surface area contributed by atoms with Crippen LogP contribution in [0.15, 0.2) is 84.9 Å². The maximum atomic E-state index is 14.5. The highest BCUT2D eigenvalue weighted by Gasteiger charge is 2.65. The fourth-order valence-electron chi connectivity index (χ4n) is 10.5. The molecule has 3 aromatic rings. The summed E-state index contributed by atoms with van der Waals surface area (Å²) in [5.41, 5.74) is 0.365. The minimum Gasteiger partial charge on any atom is -0.508 e. The Kier molecular flexibility index (Phi) is 25.3. The van der Waals surface area contributed by atoms with E-state index in [1.807, 2.05) is 0 Å². The summed E-state index contributed by atoms with van der Waals surface area (Å²) in [6.07, 6.45) is -45.9. The summed E-state index contributed by atoms with van der Waals surface area (Å²) in [6.45, 7) is -4.55. The topological polar surface area (TPSA) is 507 Å². The molecule has 0 aliphatic carbocycles. The first-order chi connectivity index (χ1) is 44.8. The summed E-state index contributed by atoms with van der Waals surface area (Å²) >= 11 is 0. The third kappa shape index (κ3) is 17.4. The molecule has 8 rings (SSSR count). The number of aromatic hydroxyl groups is 2. The second-order valence-corrected chi connectivity index (χ2v) is 22.0. The summed E-state index contributed by atoms with van der Waals surface area (Å²) in [5.74, 6) is -9.36. The Balaban J connectivity index is 1.33. The van der Waals surface area contributed by atoms with Gasteiger partial charge in [0.25, 0.3) is 0 Å². The molecule has 5 aliphatic rings. The number of hydrogen-bond acceptors (Lipinski definition) is 34. The lowest BCUT2D eigenvalue weighted by Gasteiger charge is -2.51. The van der Waals surface area contributed by atoms with Crippen LogP contribution in [0.3, 0.4) is 0 Å². The fourth-order valence-corrected chi connectivity index (χ4v) is 10.5. The minimum absolute atomic E-state index is 0.0445. The minimum atomic E-state index is -3.09. The van der Waals surface area contributed by atoms with Gasteiger partial charge in [-0.15, -0.1) is 0 Å². The van der Waals surface area contributed by atoms with Gasteiger partial charge in [0, 0.05) is 26.0 Å². The average molecular weight is 1340 g/mol. The van der Waals surface area contributed by atoms with Gasteiger partial charge in [-0.05, 0) is 59.7 Å². The first-order valence-corrected chi connectivity index (χ1v) is 29.1. The van der Waals surface area contributed by atoms with Gasteiger partial charge in [-0.25, -0.2) is 14.4 Å². The molecular formula is C60H74O34. The molecule has 3 aromatic carbocycles. The van der Waals surface area contributed by atoms with Gasteiger partial charge >= 0.3 is 29.8 Å². The van der Waals surface area contributed by atoms with Crippen LogP contribution in [0.25, 0.3) is 12.2 Å². The number of esters is 5. The largest absolute Gasteiger partial charge is 0.508 e. The number of phenols is 2. The molecule has 14 N–H and O–H groups in total. The predicted octanol–water partition coefficient (Wildman–Crippen LogP) is -4.97. The van der Waals surface area contributed by atoms with Crippen molar-refractivity contribution in [1.82, 2.24) is 0 Å². The van der Waals surface area contributed by atoms with Crippen LogP contribution >= 0.6 is 0 Å². The molecule has 24 unspecified atom stereocenters. The second kappa shape index (κ2) is 32.7. The van der Waals surface area contributed by atoms with E-state index in [4.69, 9.17) is 71.1 Å². The zero-order chi connectivity index (χ0) is 68.3. The normalized spacial score (nSPS) is 36.0. The maximum Gasteiger partial charge on any atom is 0.338 e. The van der Waals surface area contributed by atoms with E-state index in [-0.39, 0.29) is 28.4 Å². The van der Waals surface area contributed by atoms with E-state index in [0.29, 0.717) is 5.56 Å². The summed E-state index contributed by atoms with van der Waals surface area (Å²) in [5, 5.41) is 154. The van der Waals surface area contributed by atoms with E-state index in [1.165, 1.54) is 86.0 Å². The van der Waals surface area contributed by atoms with Gasteiger partial charge in [-0.3, -0.25) is 9.59 Å². The molecule has 5 aliphatic heterocycles. The van der Waals surface area contributed by atoms with Crippen molar-refractivity contribution in [3.8, 4) is 17.2 Å². The molecule has 518 valence electrons. The Bertz CT molecular complexity index is 3060. The Morgan fingerprint density at radius 2 is 1.03 bits per heavy atom. The maximum absolute atomic E-state index is 14.5. The summed E-state index contributed by atoms with van der Waals surface area (Å²) in [6, 6.07) is 16.3. The number of methoxy groups -OCH3 is 1. The van der Waals surface area contributed by atoms with E-state index in [9.17, 15) is 95.5 Å². The van der Waals surface area contributed by atoms with Crippen molar-refractivity contribution in [2.75, 3.05) is 46.8 Å². The summed E-state index contributed by atoms with van der Waals surface area (Å²) in [7, 11) is 1.24. The number of carbonyl (C=O) groups is 5. The first-order valence-electron chi connectivity index (χ1n) is 29.1. The van der Waals surface area contributed by atoms with Crippen molar-refractivity contribution in [3.05, 3.63) is 102 Å². The molecule has 94 heavy (non-hydrogen) atoms. The molecule has 24 atom stereocenters. The van der Waals surface area contributed by atoms with Crippen molar-refractivity contribution in [1.29, 1.82) is 0 Å². The van der Waals surface area contributed by atoms with E-state index in [1.54, 1.807) is 0 Å². The highest BCUT2D eigenvalue weighted by atomic mass is 16.8. The Morgan fingerprint density at radius 1 is 0.500 bits per heavy atom. The fraction of sp³-hybridized carbons (Fsp3) is 0.550. The Labute approximate surface area is 533 Å². The van der Waals surface area contributed by atoms with Crippen molar-refractivity contribution in [2.45, 2.75) is 161 Å². The number of hydrogen-bond donors (Lipinski definition) is 14. The molecule has 0 radical (unpaired) electrons. The lowest BCUT2D eigenvalue weighted by atomic mass is 9.95. The number of ether oxygens (including phenoxy) is 15. The Morgan fingerprint density at radius 3 is 1.63 bits per heavy atom. The summed E-state index contributed by atoms with van der Waals surface area (Å²) < 4.78 is 89.2. The van der Waals surface area contributed by atoms with Crippen molar-refractivity contribution in [3.63, 3.8) is 0 Å². The van der Waals surface area contributed by atoms with E-state index in [0.717, 1.165) is 32.1 Å². The van der Waals surface area contributed by atoms with Gasteiger partial charge in [-0.2, -0.15) is 0 Å². The molecule has 0 saturated carbocycles. The van der Waals surface area contributed by atoms with Crippen LogP contribution in [0.5, 0.6) is 17.2 Å². The van der Waals surface area contributed by atoms with Crippen LogP contribution in [-0.2, 0) is 85.5 Å². The molecule has 0 bridgehead atoms. The van der Waals surface area contributed by atoms with E-state index < -0.39 is 216 Å². The van der Waals surface area contributed by atoms with E-state index in [2.05, 4.69) is 0 Å². The number of aliphatic hydroxyl groups is 12. The molecule has 5 saturated heterocycles. The van der Waals surface area contributed by atoms with Crippen LogP contribution in [-0.4, -0.2) is 295 Å². The van der Waals surface area contributed by atoms with Gasteiger partial charge in [0.15, 0.2) is 48.9 Å². The molecular weight excluding hydrogens is 1260 g/mol. The standard InChI is InChI=1S/C60H74O34/c1-26(64)81-23-37-43(72)51(89-56-47(76)45(74)41(70)34(20-61)84-56)49(78)58(86-37)90-52-50(88-40(69)18-13-29-11-16-32(67)33(19-29)80-3)38(24-82-27(2)65)87-59(92-57-48(77)46(75)42(71)35(21-62)85-57)53(52)94-60(25-83-39(68)17-12-28-9-14-31(66)15-10-28)54(44(73)36(22-63)93-60)91-55(79)30-7-5-4-6-8-30/h4-19,34-38,41-54,56-59,61-63,66-67,70-78H,20-25H2,1-3H3/b17-12+,18-13+. The lowest BCUT2D eigenvalue weighted by Crippen LogP contribution is -2.69. The van der Waals surface area contributed by atoms with Gasteiger partial charge in [0.2, 0.25) is 5.79 Å². The van der Waals surface area contributed by atoms with Gasteiger partial charge < -0.3 is 143 Å². The molecule has 5 fully saturated rings.